The third-order valence-corrected chi connectivity index (χ3v) is 4.89. The molecule has 1 aliphatic heterocycles. The first-order chi connectivity index (χ1) is 12.0. The monoisotopic (exact) mass is 341 g/mol. The molecule has 1 atom stereocenters. The van der Waals surface area contributed by atoms with Gasteiger partial charge in [-0.25, -0.2) is 4.68 Å². The van der Waals surface area contributed by atoms with Crippen molar-refractivity contribution in [3.63, 3.8) is 0 Å². The van der Waals surface area contributed by atoms with Crippen LogP contribution in [0.1, 0.15) is 12.0 Å². The summed E-state index contributed by atoms with van der Waals surface area (Å²) in [6.45, 7) is 3.11. The Morgan fingerprint density at radius 2 is 2.00 bits per heavy atom. The van der Waals surface area contributed by atoms with Crippen molar-refractivity contribution in [3.05, 3.63) is 48.3 Å². The highest BCUT2D eigenvalue weighted by Gasteiger charge is 2.26. The summed E-state index contributed by atoms with van der Waals surface area (Å²) in [4.78, 5) is 18.8. The number of likely N-dealkylation sites (N-methyl/N-ethyl adjacent to an activating group) is 2. The van der Waals surface area contributed by atoms with Gasteiger partial charge in [0.05, 0.1) is 12.2 Å². The Kier molecular flexibility index (Phi) is 5.50. The van der Waals surface area contributed by atoms with Crippen LogP contribution in [0.2, 0.25) is 0 Å². The van der Waals surface area contributed by atoms with Crippen molar-refractivity contribution < 1.29 is 4.79 Å². The zero-order valence-corrected chi connectivity index (χ0v) is 15.3. The second kappa shape index (κ2) is 7.80. The Morgan fingerprint density at radius 3 is 2.60 bits per heavy atom. The molecule has 1 aromatic heterocycles. The van der Waals surface area contributed by atoms with Gasteiger partial charge >= 0.3 is 0 Å². The lowest BCUT2D eigenvalue weighted by Gasteiger charge is -2.23. The van der Waals surface area contributed by atoms with E-state index < -0.39 is 0 Å². The van der Waals surface area contributed by atoms with E-state index in [0.29, 0.717) is 19.1 Å². The summed E-state index contributed by atoms with van der Waals surface area (Å²) in [5.74, 6) is 0.176. The second-order valence-electron chi connectivity index (χ2n) is 7.01. The van der Waals surface area contributed by atoms with Crippen molar-refractivity contribution in [2.75, 3.05) is 40.8 Å². The molecule has 0 bridgehead atoms. The average molecular weight is 341 g/mol. The Morgan fingerprint density at radius 1 is 1.24 bits per heavy atom. The molecular weight excluding hydrogens is 314 g/mol. The number of nitrogens with zero attached hydrogens (tertiary/aromatic N) is 5. The molecule has 2 aromatic rings. The van der Waals surface area contributed by atoms with Crippen LogP contribution in [-0.2, 0) is 11.3 Å². The average Bonchev–Trinajstić information content (AvgIpc) is 3.27. The lowest BCUT2D eigenvalue weighted by atomic mass is 10.2. The Balaban J connectivity index is 1.51. The van der Waals surface area contributed by atoms with E-state index in [-0.39, 0.29) is 5.91 Å². The first kappa shape index (κ1) is 17.6. The Hall–Kier alpha value is -2.18. The van der Waals surface area contributed by atoms with Gasteiger partial charge in [-0.2, -0.15) is 5.10 Å². The van der Waals surface area contributed by atoms with Gasteiger partial charge in [0.15, 0.2) is 0 Å². The maximum Gasteiger partial charge on any atom is 0.236 e. The van der Waals surface area contributed by atoms with Crippen molar-refractivity contribution in [1.29, 1.82) is 0 Å². The highest BCUT2D eigenvalue weighted by Crippen LogP contribution is 2.14. The van der Waals surface area contributed by atoms with Crippen molar-refractivity contribution >= 4 is 5.91 Å². The lowest BCUT2D eigenvalue weighted by molar-refractivity contribution is -0.131. The van der Waals surface area contributed by atoms with E-state index in [1.54, 1.807) is 6.20 Å². The minimum atomic E-state index is 0.176. The fourth-order valence-electron chi connectivity index (χ4n) is 3.23. The van der Waals surface area contributed by atoms with Crippen LogP contribution >= 0.6 is 0 Å². The van der Waals surface area contributed by atoms with Gasteiger partial charge in [-0.1, -0.05) is 12.1 Å². The van der Waals surface area contributed by atoms with E-state index in [9.17, 15) is 4.79 Å². The van der Waals surface area contributed by atoms with Gasteiger partial charge in [-0.15, -0.1) is 0 Å². The summed E-state index contributed by atoms with van der Waals surface area (Å²) in [6.07, 6.45) is 4.82. The summed E-state index contributed by atoms with van der Waals surface area (Å²) >= 11 is 0. The number of aromatic nitrogens is 2. The van der Waals surface area contributed by atoms with Crippen molar-refractivity contribution in [2.45, 2.75) is 19.0 Å². The zero-order chi connectivity index (χ0) is 17.8. The quantitative estimate of drug-likeness (QED) is 0.798. The van der Waals surface area contributed by atoms with Crippen molar-refractivity contribution in [1.82, 2.24) is 24.5 Å². The summed E-state index contributed by atoms with van der Waals surface area (Å²) in [6, 6.07) is 10.6. The van der Waals surface area contributed by atoms with Crippen LogP contribution in [0, 0.1) is 0 Å². The molecule has 3 rings (SSSR count). The first-order valence-electron chi connectivity index (χ1n) is 8.74. The molecule has 134 valence electrons. The predicted molar refractivity (Wildman–Crippen MR) is 98.6 cm³/mol. The minimum Gasteiger partial charge on any atom is -0.340 e. The number of hydrogen-bond acceptors (Lipinski definition) is 4. The van der Waals surface area contributed by atoms with E-state index in [4.69, 9.17) is 0 Å². The summed E-state index contributed by atoms with van der Waals surface area (Å²) in [7, 11) is 6.09. The third kappa shape index (κ3) is 4.46. The lowest BCUT2D eigenvalue weighted by Crippen LogP contribution is -2.38. The third-order valence-electron chi connectivity index (χ3n) is 4.89. The fraction of sp³-hybridized carbons (Fsp3) is 0.474. The summed E-state index contributed by atoms with van der Waals surface area (Å²) in [5.41, 5.74) is 2.15. The molecule has 6 heteroatoms. The highest BCUT2D eigenvalue weighted by atomic mass is 16.2. The molecule has 0 spiro atoms. The van der Waals surface area contributed by atoms with Gasteiger partial charge in [0.2, 0.25) is 5.91 Å². The Bertz CT molecular complexity index is 680. The minimum absolute atomic E-state index is 0.176. The number of rotatable bonds is 6. The largest absolute Gasteiger partial charge is 0.340 e. The van der Waals surface area contributed by atoms with Gasteiger partial charge in [0.25, 0.3) is 0 Å². The van der Waals surface area contributed by atoms with E-state index in [0.717, 1.165) is 30.8 Å². The number of benzene rings is 1. The molecule has 1 saturated heterocycles. The number of hydrogen-bond donors (Lipinski definition) is 0. The molecule has 6 nitrogen and oxygen atoms in total. The predicted octanol–water partition coefficient (Wildman–Crippen LogP) is 1.47. The van der Waals surface area contributed by atoms with Crippen LogP contribution in [0.4, 0.5) is 0 Å². The van der Waals surface area contributed by atoms with Crippen LogP contribution in [0.15, 0.2) is 42.7 Å². The highest BCUT2D eigenvalue weighted by molar-refractivity contribution is 5.78. The van der Waals surface area contributed by atoms with Gasteiger partial charge in [0, 0.05) is 45.1 Å². The maximum atomic E-state index is 12.5. The molecule has 1 aliphatic rings. The normalized spacial score (nSPS) is 18.0. The molecule has 0 radical (unpaired) electrons. The van der Waals surface area contributed by atoms with Gasteiger partial charge in [0.1, 0.15) is 0 Å². The molecule has 1 unspecified atom stereocenters. The summed E-state index contributed by atoms with van der Waals surface area (Å²) in [5, 5.41) is 4.22. The number of carbonyl (C=O) groups excluding carboxylic acids is 1. The van der Waals surface area contributed by atoms with E-state index in [1.807, 2.05) is 41.0 Å². The van der Waals surface area contributed by atoms with Crippen LogP contribution < -0.4 is 0 Å². The Labute approximate surface area is 149 Å². The van der Waals surface area contributed by atoms with Gasteiger partial charge in [-0.05, 0) is 44.3 Å². The maximum absolute atomic E-state index is 12.5. The van der Waals surface area contributed by atoms with Crippen molar-refractivity contribution in [2.24, 2.45) is 0 Å². The zero-order valence-electron chi connectivity index (χ0n) is 15.3. The molecule has 25 heavy (non-hydrogen) atoms. The first-order valence-corrected chi connectivity index (χ1v) is 8.74. The summed E-state index contributed by atoms with van der Waals surface area (Å²) < 4.78 is 1.83. The standard InChI is InChI=1S/C19H27N5O/c1-21(2)18-9-12-23(14-18)15-19(25)22(3)13-16-5-7-17(8-6-16)24-11-4-10-20-24/h4-8,10-11,18H,9,12-15H2,1-3H3. The molecule has 2 heterocycles. The van der Waals surface area contributed by atoms with Crippen LogP contribution in [0.3, 0.4) is 0 Å². The van der Waals surface area contributed by atoms with Gasteiger partial charge < -0.3 is 9.80 Å². The molecule has 0 saturated carbocycles. The van der Waals surface area contributed by atoms with Crippen LogP contribution in [0.25, 0.3) is 5.69 Å². The van der Waals surface area contributed by atoms with E-state index >= 15 is 0 Å². The van der Waals surface area contributed by atoms with Crippen molar-refractivity contribution in [3.8, 4) is 5.69 Å². The smallest absolute Gasteiger partial charge is 0.236 e. The molecule has 1 aromatic carbocycles. The fourth-order valence-corrected chi connectivity index (χ4v) is 3.23. The molecule has 1 fully saturated rings. The van der Waals surface area contributed by atoms with E-state index in [1.165, 1.54) is 0 Å². The van der Waals surface area contributed by atoms with Gasteiger partial charge in [-0.3, -0.25) is 9.69 Å². The van der Waals surface area contributed by atoms with Crippen LogP contribution in [0.5, 0.6) is 0 Å². The SMILES string of the molecule is CN(Cc1ccc(-n2cccn2)cc1)C(=O)CN1CCC(N(C)C)C1. The number of likely N-dealkylation sites (tertiary alicyclic amines) is 1. The van der Waals surface area contributed by atoms with E-state index in [2.05, 4.69) is 41.1 Å². The topological polar surface area (TPSA) is 44.6 Å². The molecular formula is C19H27N5O. The number of carbonyl (C=O) groups is 1. The molecule has 0 aliphatic carbocycles. The van der Waals surface area contributed by atoms with Crippen LogP contribution in [-0.4, -0.2) is 77.2 Å². The number of amides is 1. The second-order valence-corrected chi connectivity index (χ2v) is 7.01. The molecule has 1 amide bonds. The molecule has 0 N–H and O–H groups in total.